The molecule has 2 aliphatic heterocycles. The van der Waals surface area contributed by atoms with Gasteiger partial charge in [0.1, 0.15) is 34.1 Å². The van der Waals surface area contributed by atoms with Crippen LogP contribution >= 0.6 is 58.2 Å². The largest absolute Gasteiger partial charge is 0.543 e. The molecule has 1 unspecified atom stereocenters. The highest BCUT2D eigenvalue weighted by atomic mass is 35.5. The summed E-state index contributed by atoms with van der Waals surface area (Å²) >= 11 is 10.9. The first-order valence-electron chi connectivity index (χ1n) is 11.2. The molecule has 18 heteroatoms. The third kappa shape index (κ3) is 6.29. The SMILES string of the molecule is Nc1nc(/C(=N/O)C(=O)N[C@@H]2C(=O)N3C(C(=O)[O-])=C(Sc4ccncc4CSCC(O)C[NH3+])CS[C@H]23)c(Cl)s1. The number of fused-ring (bicyclic) bond motifs is 1. The number of oxime groups is 1. The van der Waals surface area contributed by atoms with Crippen LogP contribution in [0, 0.1) is 0 Å². The number of rotatable bonds is 11. The number of pyridine rings is 1. The van der Waals surface area contributed by atoms with Crippen LogP contribution in [0.2, 0.25) is 4.34 Å². The van der Waals surface area contributed by atoms with E-state index in [0.29, 0.717) is 23.0 Å². The van der Waals surface area contributed by atoms with E-state index in [4.69, 9.17) is 17.3 Å². The summed E-state index contributed by atoms with van der Waals surface area (Å²) in [4.78, 5) is 48.2. The Bertz CT molecular complexity index is 1360. The van der Waals surface area contributed by atoms with Crippen LogP contribution in [-0.4, -0.2) is 84.2 Å². The summed E-state index contributed by atoms with van der Waals surface area (Å²) in [6.45, 7) is 0.397. The molecule has 208 valence electrons. The van der Waals surface area contributed by atoms with Gasteiger partial charge in [0.2, 0.25) is 0 Å². The second-order valence-corrected chi connectivity index (χ2v) is 13.0. The number of halogens is 1. The van der Waals surface area contributed by atoms with Gasteiger partial charge in [-0.2, -0.15) is 11.8 Å². The van der Waals surface area contributed by atoms with Gasteiger partial charge in [-0.3, -0.25) is 19.5 Å². The molecule has 2 aromatic rings. The number of nitrogens with zero attached hydrogens (tertiary/aromatic N) is 4. The van der Waals surface area contributed by atoms with Crippen LogP contribution in [0.4, 0.5) is 5.13 Å². The topological polar surface area (TPSA) is 222 Å². The van der Waals surface area contributed by atoms with Gasteiger partial charge < -0.3 is 37.0 Å². The number of thiazole rings is 1. The van der Waals surface area contributed by atoms with E-state index in [1.54, 1.807) is 18.5 Å². The van der Waals surface area contributed by atoms with E-state index < -0.39 is 41.0 Å². The summed E-state index contributed by atoms with van der Waals surface area (Å²) in [5.41, 5.74) is 9.17. The number of nitrogen functional groups attached to an aromatic ring is 1. The smallest absolute Gasteiger partial charge is 0.276 e. The molecule has 0 radical (unpaired) electrons. The number of thioether (sulfide) groups is 3. The van der Waals surface area contributed by atoms with Crippen LogP contribution in [-0.2, 0) is 20.1 Å². The number of hydrogen-bond acceptors (Lipinski definition) is 14. The Morgan fingerprint density at radius 3 is 2.87 bits per heavy atom. The minimum atomic E-state index is -1.52. The highest BCUT2D eigenvalue weighted by molar-refractivity contribution is 8.06. The van der Waals surface area contributed by atoms with Crippen LogP contribution in [0.15, 0.2) is 39.1 Å². The minimum absolute atomic E-state index is 0.0281. The van der Waals surface area contributed by atoms with Crippen molar-refractivity contribution < 1.29 is 35.5 Å². The lowest BCUT2D eigenvalue weighted by atomic mass is 10.0. The number of nitrogens with two attached hydrogens (primary N) is 1. The monoisotopic (exact) mass is 631 g/mol. The van der Waals surface area contributed by atoms with Gasteiger partial charge in [0.15, 0.2) is 10.8 Å². The number of nitrogens with one attached hydrogen (secondary N) is 1. The molecule has 2 aliphatic rings. The van der Waals surface area contributed by atoms with Crippen LogP contribution < -0.4 is 21.9 Å². The molecule has 0 bridgehead atoms. The summed E-state index contributed by atoms with van der Waals surface area (Å²) in [5.74, 6) is -1.84. The number of quaternary nitrogens is 1. The van der Waals surface area contributed by atoms with Gasteiger partial charge in [-0.25, -0.2) is 4.98 Å². The maximum absolute atomic E-state index is 13.0. The average Bonchev–Trinajstić information content (AvgIpc) is 3.25. The molecule has 2 amide bonds. The number of carbonyl (C=O) groups is 3. The number of carbonyl (C=O) groups excluding carboxylic acids is 3. The molecular weight excluding hydrogens is 610 g/mol. The molecule has 1 fully saturated rings. The predicted octanol–water partition coefficient (Wildman–Crippen LogP) is -1.06. The lowest BCUT2D eigenvalue weighted by Crippen LogP contribution is -2.71. The number of anilines is 1. The van der Waals surface area contributed by atoms with Crippen LogP contribution in [0.1, 0.15) is 11.3 Å². The Hall–Kier alpha value is -2.54. The van der Waals surface area contributed by atoms with Gasteiger partial charge in [-0.05, 0) is 11.6 Å². The van der Waals surface area contributed by atoms with Crippen molar-refractivity contribution in [2.45, 2.75) is 28.2 Å². The normalized spacial score (nSPS) is 19.9. The van der Waals surface area contributed by atoms with Crippen molar-refractivity contribution in [3.8, 4) is 0 Å². The molecule has 0 spiro atoms. The summed E-state index contributed by atoms with van der Waals surface area (Å²) in [7, 11) is 0. The summed E-state index contributed by atoms with van der Waals surface area (Å²) in [6, 6.07) is 0.671. The summed E-state index contributed by atoms with van der Waals surface area (Å²) < 4.78 is 0.0281. The Morgan fingerprint density at radius 1 is 1.46 bits per heavy atom. The van der Waals surface area contributed by atoms with Gasteiger partial charge in [0, 0.05) is 39.5 Å². The van der Waals surface area contributed by atoms with Crippen molar-refractivity contribution in [3.05, 3.63) is 44.7 Å². The molecule has 0 aromatic carbocycles. The molecule has 8 N–H and O–H groups in total. The zero-order chi connectivity index (χ0) is 28.3. The average molecular weight is 632 g/mol. The number of hydrogen-bond donors (Lipinski definition) is 5. The third-order valence-corrected chi connectivity index (χ3v) is 10.4. The number of aromatic nitrogens is 2. The molecule has 2 aromatic heterocycles. The van der Waals surface area contributed by atoms with Crippen molar-refractivity contribution in [1.29, 1.82) is 0 Å². The molecule has 4 rings (SSSR count). The van der Waals surface area contributed by atoms with Crippen molar-refractivity contribution >= 4 is 86.9 Å². The first kappa shape index (κ1) is 29.4. The highest BCUT2D eigenvalue weighted by Crippen LogP contribution is 2.45. The van der Waals surface area contributed by atoms with E-state index in [-0.39, 0.29) is 26.6 Å². The van der Waals surface area contributed by atoms with E-state index in [2.05, 4.69) is 26.2 Å². The molecule has 4 heterocycles. The Labute approximate surface area is 243 Å². The summed E-state index contributed by atoms with van der Waals surface area (Å²) in [5, 5.41) is 36.0. The van der Waals surface area contributed by atoms with Gasteiger partial charge >= 0.3 is 0 Å². The Morgan fingerprint density at radius 2 is 2.23 bits per heavy atom. The van der Waals surface area contributed by atoms with Crippen LogP contribution in [0.5, 0.6) is 0 Å². The van der Waals surface area contributed by atoms with E-state index in [1.807, 2.05) is 0 Å². The van der Waals surface area contributed by atoms with Crippen LogP contribution in [0.3, 0.4) is 0 Å². The lowest BCUT2D eigenvalue weighted by molar-refractivity contribution is -0.381. The second kappa shape index (κ2) is 12.8. The predicted molar refractivity (Wildman–Crippen MR) is 147 cm³/mol. The zero-order valence-electron chi connectivity index (χ0n) is 19.9. The van der Waals surface area contributed by atoms with E-state index >= 15 is 0 Å². The number of aliphatic hydroxyl groups excluding tert-OH is 1. The molecule has 0 saturated carbocycles. The molecule has 13 nitrogen and oxygen atoms in total. The fraction of sp³-hybridized carbons (Fsp3) is 0.333. The number of aliphatic carboxylic acids is 1. The van der Waals surface area contributed by atoms with Gasteiger partial charge in [0.05, 0.1) is 11.7 Å². The third-order valence-electron chi connectivity index (χ3n) is 5.55. The number of carboxylic acids is 1. The maximum atomic E-state index is 13.0. The van der Waals surface area contributed by atoms with Crippen molar-refractivity contribution in [2.75, 3.05) is 23.8 Å². The van der Waals surface area contributed by atoms with Crippen molar-refractivity contribution in [2.24, 2.45) is 5.16 Å². The highest BCUT2D eigenvalue weighted by Gasteiger charge is 2.53. The second-order valence-electron chi connectivity index (χ2n) is 8.09. The molecule has 0 aliphatic carbocycles. The lowest BCUT2D eigenvalue weighted by Gasteiger charge is -2.50. The number of amides is 2. The standard InChI is InChI=1S/C21H22ClN7O6S4/c22-16-12(27-21(24)39-16)13(28-35)17(31)26-14-18(32)29-15(20(33)34)11(7-37-19(14)29)38-10-1-2-25-4-8(10)5-36-6-9(30)3-23/h1-2,4,9,14,19,30,35H,3,5-7,23H2,(H2,24,27)(H,26,31)(H,33,34)/b28-13-/t9?,14-,19-/m1/s1. The van der Waals surface area contributed by atoms with Crippen molar-refractivity contribution in [3.63, 3.8) is 0 Å². The molecular formula is C21H22ClN7O6S4. The van der Waals surface area contributed by atoms with E-state index in [9.17, 15) is 29.8 Å². The quantitative estimate of drug-likeness (QED) is 0.0866. The molecule has 39 heavy (non-hydrogen) atoms. The summed E-state index contributed by atoms with van der Waals surface area (Å²) in [6.07, 6.45) is 2.73. The van der Waals surface area contributed by atoms with Gasteiger partial charge in [-0.15, -0.1) is 11.8 Å². The maximum Gasteiger partial charge on any atom is 0.276 e. The van der Waals surface area contributed by atoms with E-state index in [1.165, 1.54) is 35.3 Å². The Kier molecular flexibility index (Phi) is 9.63. The van der Waals surface area contributed by atoms with E-state index in [0.717, 1.165) is 26.7 Å². The fourth-order valence-electron chi connectivity index (χ4n) is 3.68. The molecule has 3 atom stereocenters. The minimum Gasteiger partial charge on any atom is -0.543 e. The Balaban J connectivity index is 1.50. The number of β-lactam (4-membered cyclic amide) rings is 1. The molecule has 1 saturated heterocycles. The van der Waals surface area contributed by atoms with Crippen molar-refractivity contribution in [1.82, 2.24) is 20.2 Å². The number of carboxylic acid groups (broad SMARTS) is 1. The van der Waals surface area contributed by atoms with Crippen LogP contribution in [0.25, 0.3) is 0 Å². The first-order valence-corrected chi connectivity index (χ1v) is 15.4. The van der Waals surface area contributed by atoms with Gasteiger partial charge in [-0.1, -0.05) is 39.9 Å². The fourth-order valence-corrected chi connectivity index (χ4v) is 8.26. The first-order chi connectivity index (χ1) is 18.7. The zero-order valence-corrected chi connectivity index (χ0v) is 23.9. The van der Waals surface area contributed by atoms with Gasteiger partial charge in [0.25, 0.3) is 11.8 Å². The number of aliphatic hydroxyl groups is 1.